The van der Waals surface area contributed by atoms with Gasteiger partial charge in [-0.05, 0) is 28.1 Å². The highest BCUT2D eigenvalue weighted by atomic mass is 79.9. The zero-order valence-electron chi connectivity index (χ0n) is 7.70. The van der Waals surface area contributed by atoms with Crippen LogP contribution in [0.25, 0.3) is 0 Å². The van der Waals surface area contributed by atoms with Gasteiger partial charge in [0.05, 0.1) is 29.1 Å². The molecular formula is C9H13BrN2OS. The van der Waals surface area contributed by atoms with E-state index >= 15 is 0 Å². The number of hydrogen-bond donors (Lipinski definition) is 2. The smallest absolute Gasteiger partial charge is 0.0702 e. The minimum Gasteiger partial charge on any atom is -0.378 e. The van der Waals surface area contributed by atoms with Crippen molar-refractivity contribution in [1.29, 1.82) is 0 Å². The lowest BCUT2D eigenvalue weighted by atomic mass is 10.1. The zero-order valence-corrected chi connectivity index (χ0v) is 10.1. The van der Waals surface area contributed by atoms with Crippen LogP contribution in [0.1, 0.15) is 10.9 Å². The summed E-state index contributed by atoms with van der Waals surface area (Å²) in [6, 6.07) is 4.38. The highest BCUT2D eigenvalue weighted by Crippen LogP contribution is 2.28. The number of nitrogens with one attached hydrogen (secondary N) is 1. The summed E-state index contributed by atoms with van der Waals surface area (Å²) in [6.45, 7) is 2.39. The van der Waals surface area contributed by atoms with E-state index < -0.39 is 0 Å². The van der Waals surface area contributed by atoms with Crippen molar-refractivity contribution in [2.75, 3.05) is 19.8 Å². The molecule has 5 heteroatoms. The van der Waals surface area contributed by atoms with Crippen molar-refractivity contribution < 1.29 is 4.74 Å². The third-order valence-electron chi connectivity index (χ3n) is 2.31. The van der Waals surface area contributed by atoms with Gasteiger partial charge >= 0.3 is 0 Å². The number of morpholine rings is 1. The van der Waals surface area contributed by atoms with Gasteiger partial charge in [0.2, 0.25) is 0 Å². The van der Waals surface area contributed by atoms with Gasteiger partial charge in [-0.3, -0.25) is 0 Å². The number of rotatable bonds is 2. The molecule has 0 amide bonds. The molecule has 2 unspecified atom stereocenters. The van der Waals surface area contributed by atoms with Crippen LogP contribution in [0.15, 0.2) is 15.9 Å². The van der Waals surface area contributed by atoms with Crippen molar-refractivity contribution in [2.45, 2.75) is 12.1 Å². The summed E-state index contributed by atoms with van der Waals surface area (Å²) in [5.74, 6) is 0. The second-order valence-electron chi connectivity index (χ2n) is 3.30. The topological polar surface area (TPSA) is 47.3 Å². The fourth-order valence-electron chi connectivity index (χ4n) is 1.52. The van der Waals surface area contributed by atoms with E-state index in [1.165, 1.54) is 4.88 Å². The summed E-state index contributed by atoms with van der Waals surface area (Å²) in [4.78, 5) is 1.19. The summed E-state index contributed by atoms with van der Waals surface area (Å²) >= 11 is 5.12. The second-order valence-corrected chi connectivity index (χ2v) is 5.80. The SMILES string of the molecule is NC(c1ccc(Br)s1)C1COCCN1. The summed E-state index contributed by atoms with van der Waals surface area (Å²) in [7, 11) is 0. The fraction of sp³-hybridized carbons (Fsp3) is 0.556. The van der Waals surface area contributed by atoms with Crippen molar-refractivity contribution in [3.63, 3.8) is 0 Å². The van der Waals surface area contributed by atoms with E-state index in [1.54, 1.807) is 11.3 Å². The number of ether oxygens (including phenoxy) is 1. The molecule has 1 saturated heterocycles. The zero-order chi connectivity index (χ0) is 9.97. The van der Waals surface area contributed by atoms with E-state index in [9.17, 15) is 0 Å². The van der Waals surface area contributed by atoms with Crippen molar-refractivity contribution in [1.82, 2.24) is 5.32 Å². The monoisotopic (exact) mass is 276 g/mol. The average Bonchev–Trinajstić information content (AvgIpc) is 2.65. The van der Waals surface area contributed by atoms with Gasteiger partial charge in [0.15, 0.2) is 0 Å². The normalized spacial score (nSPS) is 24.9. The lowest BCUT2D eigenvalue weighted by molar-refractivity contribution is 0.0688. The molecule has 2 atom stereocenters. The minimum absolute atomic E-state index is 0.0339. The largest absolute Gasteiger partial charge is 0.378 e. The third kappa shape index (κ3) is 2.35. The van der Waals surface area contributed by atoms with E-state index in [0.29, 0.717) is 6.61 Å². The summed E-state index contributed by atoms with van der Waals surface area (Å²) in [6.07, 6.45) is 0. The van der Waals surface area contributed by atoms with Crippen LogP contribution >= 0.6 is 27.3 Å². The Balaban J connectivity index is 2.03. The van der Waals surface area contributed by atoms with Crippen LogP contribution in [0.3, 0.4) is 0 Å². The maximum Gasteiger partial charge on any atom is 0.0702 e. The van der Waals surface area contributed by atoms with Gasteiger partial charge in [0.25, 0.3) is 0 Å². The fourth-order valence-corrected chi connectivity index (χ4v) is 3.01. The molecule has 3 N–H and O–H groups in total. The highest BCUT2D eigenvalue weighted by Gasteiger charge is 2.22. The first-order valence-corrected chi connectivity index (χ1v) is 6.20. The van der Waals surface area contributed by atoms with Crippen LogP contribution in [0.5, 0.6) is 0 Å². The molecule has 0 saturated carbocycles. The molecule has 1 fully saturated rings. The van der Waals surface area contributed by atoms with E-state index in [2.05, 4.69) is 27.3 Å². The first kappa shape index (κ1) is 10.6. The predicted octanol–water partition coefficient (Wildman–Crippen LogP) is 1.50. The molecule has 0 spiro atoms. The molecule has 1 aromatic rings. The average molecular weight is 277 g/mol. The first-order chi connectivity index (χ1) is 6.77. The molecule has 14 heavy (non-hydrogen) atoms. The van der Waals surface area contributed by atoms with E-state index in [-0.39, 0.29) is 12.1 Å². The third-order valence-corrected chi connectivity index (χ3v) is 4.03. The van der Waals surface area contributed by atoms with Gasteiger partial charge in [-0.2, -0.15) is 0 Å². The molecule has 1 aliphatic rings. The number of halogens is 1. The second kappa shape index (κ2) is 4.72. The lowest BCUT2D eigenvalue weighted by Gasteiger charge is -2.28. The Morgan fingerprint density at radius 3 is 3.07 bits per heavy atom. The standard InChI is InChI=1S/C9H13BrN2OS/c10-8-2-1-7(14-8)9(11)6-5-13-4-3-12-6/h1-2,6,9,12H,3-5,11H2. The Hall–Kier alpha value is 0.0600. The molecule has 0 aromatic carbocycles. The van der Waals surface area contributed by atoms with Crippen LogP contribution in [0.2, 0.25) is 0 Å². The van der Waals surface area contributed by atoms with Gasteiger partial charge in [-0.25, -0.2) is 0 Å². The summed E-state index contributed by atoms with van der Waals surface area (Å²) in [5.41, 5.74) is 6.13. The molecule has 2 rings (SSSR count). The van der Waals surface area contributed by atoms with Gasteiger partial charge in [0.1, 0.15) is 0 Å². The van der Waals surface area contributed by atoms with Gasteiger partial charge < -0.3 is 15.8 Å². The maximum absolute atomic E-state index is 6.13. The quantitative estimate of drug-likeness (QED) is 0.861. The van der Waals surface area contributed by atoms with E-state index in [4.69, 9.17) is 10.5 Å². The van der Waals surface area contributed by atoms with E-state index in [1.807, 2.05) is 6.07 Å². The molecule has 0 bridgehead atoms. The Kier molecular flexibility index (Phi) is 3.57. The Morgan fingerprint density at radius 1 is 1.64 bits per heavy atom. The number of nitrogens with two attached hydrogens (primary N) is 1. The first-order valence-electron chi connectivity index (χ1n) is 4.59. The molecule has 3 nitrogen and oxygen atoms in total. The molecule has 1 aromatic heterocycles. The Bertz CT molecular complexity index is 299. The van der Waals surface area contributed by atoms with Crippen molar-refractivity contribution in [3.05, 3.63) is 20.8 Å². The molecule has 1 aliphatic heterocycles. The minimum atomic E-state index is 0.0339. The van der Waals surface area contributed by atoms with Crippen LogP contribution in [0, 0.1) is 0 Å². The van der Waals surface area contributed by atoms with Crippen molar-refractivity contribution in [3.8, 4) is 0 Å². The number of thiophene rings is 1. The Labute approximate surface area is 95.8 Å². The van der Waals surface area contributed by atoms with Gasteiger partial charge in [-0.1, -0.05) is 0 Å². The maximum atomic E-state index is 6.13. The van der Waals surface area contributed by atoms with Crippen LogP contribution in [-0.4, -0.2) is 25.8 Å². The molecule has 2 heterocycles. The molecular weight excluding hydrogens is 264 g/mol. The lowest BCUT2D eigenvalue weighted by Crippen LogP contribution is -2.47. The highest BCUT2D eigenvalue weighted by molar-refractivity contribution is 9.11. The van der Waals surface area contributed by atoms with Crippen LogP contribution in [0.4, 0.5) is 0 Å². The molecule has 0 radical (unpaired) electrons. The van der Waals surface area contributed by atoms with Crippen molar-refractivity contribution in [2.24, 2.45) is 5.73 Å². The summed E-state index contributed by atoms with van der Waals surface area (Å²) in [5, 5.41) is 3.37. The van der Waals surface area contributed by atoms with Crippen molar-refractivity contribution >= 4 is 27.3 Å². The van der Waals surface area contributed by atoms with Crippen LogP contribution in [-0.2, 0) is 4.74 Å². The molecule has 0 aliphatic carbocycles. The van der Waals surface area contributed by atoms with Gasteiger partial charge in [0, 0.05) is 11.4 Å². The predicted molar refractivity (Wildman–Crippen MR) is 61.6 cm³/mol. The van der Waals surface area contributed by atoms with E-state index in [0.717, 1.165) is 16.9 Å². The van der Waals surface area contributed by atoms with Crippen LogP contribution < -0.4 is 11.1 Å². The van der Waals surface area contributed by atoms with Gasteiger partial charge in [-0.15, -0.1) is 11.3 Å². The summed E-state index contributed by atoms with van der Waals surface area (Å²) < 4.78 is 6.51. The number of hydrogen-bond acceptors (Lipinski definition) is 4. The molecule has 78 valence electrons. The Morgan fingerprint density at radius 2 is 2.50 bits per heavy atom.